The molecule has 2 heterocycles. The largest absolute Gasteiger partial charge is 0.472 e. The third kappa shape index (κ3) is 3.04. The highest BCUT2D eigenvalue weighted by Crippen LogP contribution is 2.22. The molecule has 0 bridgehead atoms. The van der Waals surface area contributed by atoms with Crippen LogP contribution in [0.25, 0.3) is 0 Å². The zero-order valence-corrected chi connectivity index (χ0v) is 13.2. The first-order chi connectivity index (χ1) is 11.6. The average Bonchev–Trinajstić information content (AvgIpc) is 3.27. The third-order valence-electron chi connectivity index (χ3n) is 3.28. The molecule has 1 amide bonds. The molecule has 0 unspecified atom stereocenters. The zero-order chi connectivity index (χ0) is 17.1. The lowest BCUT2D eigenvalue weighted by atomic mass is 10.0. The highest BCUT2D eigenvalue weighted by atomic mass is 32.1. The Hall–Kier alpha value is -3.37. The zero-order valence-electron chi connectivity index (χ0n) is 12.4. The van der Waals surface area contributed by atoms with E-state index in [2.05, 4.69) is 15.6 Å². The van der Waals surface area contributed by atoms with Crippen molar-refractivity contribution in [2.24, 2.45) is 0 Å². The van der Waals surface area contributed by atoms with Gasteiger partial charge in [-0.05, 0) is 41.9 Å². The molecule has 118 valence electrons. The van der Waals surface area contributed by atoms with Gasteiger partial charge in [0.15, 0.2) is 0 Å². The van der Waals surface area contributed by atoms with Crippen molar-refractivity contribution in [2.45, 2.75) is 0 Å². The standard InChI is InChI=1S/C17H12N4O2S/c1-2-12-8-15(21-24-12)17(22)20-11-3-4-14(18)13(7-11)16(19)10-5-6-23-9-10/h1,3-9,19H,18H2,(H,20,22). The molecule has 0 atom stereocenters. The van der Waals surface area contributed by atoms with Crippen molar-refractivity contribution >= 4 is 34.5 Å². The minimum atomic E-state index is -0.377. The summed E-state index contributed by atoms with van der Waals surface area (Å²) in [5, 5.41) is 10.9. The summed E-state index contributed by atoms with van der Waals surface area (Å²) in [4.78, 5) is 12.8. The summed E-state index contributed by atoms with van der Waals surface area (Å²) in [6.07, 6.45) is 8.22. The summed E-state index contributed by atoms with van der Waals surface area (Å²) in [5.41, 5.74) is 8.44. The van der Waals surface area contributed by atoms with Crippen molar-refractivity contribution in [1.29, 1.82) is 5.41 Å². The minimum Gasteiger partial charge on any atom is -0.472 e. The molecular weight excluding hydrogens is 324 g/mol. The van der Waals surface area contributed by atoms with Gasteiger partial charge in [0.2, 0.25) is 0 Å². The molecule has 0 fully saturated rings. The van der Waals surface area contributed by atoms with Crippen LogP contribution in [0.5, 0.6) is 0 Å². The summed E-state index contributed by atoms with van der Waals surface area (Å²) < 4.78 is 8.99. The molecule has 6 nitrogen and oxygen atoms in total. The van der Waals surface area contributed by atoms with Crippen LogP contribution in [-0.4, -0.2) is 16.0 Å². The molecule has 0 aliphatic rings. The number of hydrogen-bond acceptors (Lipinski definition) is 6. The second-order valence-corrected chi connectivity index (χ2v) is 5.67. The first-order valence-electron chi connectivity index (χ1n) is 6.84. The highest BCUT2D eigenvalue weighted by molar-refractivity contribution is 7.06. The molecule has 3 rings (SSSR count). The van der Waals surface area contributed by atoms with Crippen LogP contribution in [0.2, 0.25) is 0 Å². The van der Waals surface area contributed by atoms with Crippen LogP contribution in [0.3, 0.4) is 0 Å². The van der Waals surface area contributed by atoms with Gasteiger partial charge in [-0.15, -0.1) is 6.42 Å². The van der Waals surface area contributed by atoms with E-state index >= 15 is 0 Å². The number of terminal acetylenes is 1. The second kappa shape index (κ2) is 6.40. The van der Waals surface area contributed by atoms with E-state index in [0.29, 0.717) is 27.4 Å². The van der Waals surface area contributed by atoms with E-state index in [1.54, 1.807) is 30.3 Å². The first kappa shape index (κ1) is 15.5. The van der Waals surface area contributed by atoms with Crippen LogP contribution in [0, 0.1) is 17.8 Å². The molecule has 0 aliphatic heterocycles. The number of nitrogens with zero attached hydrogens (tertiary/aromatic N) is 1. The molecule has 4 N–H and O–H groups in total. The maximum absolute atomic E-state index is 12.2. The van der Waals surface area contributed by atoms with E-state index in [1.165, 1.54) is 12.5 Å². The Morgan fingerprint density at radius 2 is 2.21 bits per heavy atom. The fourth-order valence-corrected chi connectivity index (χ4v) is 2.61. The molecule has 24 heavy (non-hydrogen) atoms. The predicted octanol–water partition coefficient (Wildman–Crippen LogP) is 2.97. The van der Waals surface area contributed by atoms with E-state index in [1.807, 2.05) is 0 Å². The van der Waals surface area contributed by atoms with Crippen LogP contribution in [0.1, 0.15) is 26.5 Å². The van der Waals surface area contributed by atoms with Gasteiger partial charge in [-0.3, -0.25) is 10.2 Å². The van der Waals surface area contributed by atoms with Gasteiger partial charge in [0.1, 0.15) is 5.69 Å². The van der Waals surface area contributed by atoms with Gasteiger partial charge in [0.25, 0.3) is 5.91 Å². The third-order valence-corrected chi connectivity index (χ3v) is 4.00. The predicted molar refractivity (Wildman–Crippen MR) is 93.5 cm³/mol. The monoisotopic (exact) mass is 336 g/mol. The normalized spacial score (nSPS) is 10.1. The maximum atomic E-state index is 12.2. The van der Waals surface area contributed by atoms with E-state index in [9.17, 15) is 4.79 Å². The first-order valence-corrected chi connectivity index (χ1v) is 7.61. The Kier molecular flexibility index (Phi) is 4.14. The quantitative estimate of drug-likeness (QED) is 0.387. The number of nitrogens with one attached hydrogen (secondary N) is 2. The topological polar surface area (TPSA) is 105 Å². The lowest BCUT2D eigenvalue weighted by Crippen LogP contribution is -2.13. The van der Waals surface area contributed by atoms with Crippen molar-refractivity contribution in [3.63, 3.8) is 0 Å². The molecule has 3 aromatic rings. The summed E-state index contributed by atoms with van der Waals surface area (Å²) in [5.74, 6) is 2.06. The molecular formula is C17H12N4O2S. The molecule has 0 saturated carbocycles. The number of benzene rings is 1. The number of hydrogen-bond donors (Lipinski definition) is 3. The summed E-state index contributed by atoms with van der Waals surface area (Å²) in [6.45, 7) is 0. The molecule has 1 aromatic carbocycles. The minimum absolute atomic E-state index is 0.209. The molecule has 2 aromatic heterocycles. The molecule has 0 aliphatic carbocycles. The highest BCUT2D eigenvalue weighted by Gasteiger charge is 2.14. The number of nitrogens with two attached hydrogens (primary N) is 1. The van der Waals surface area contributed by atoms with E-state index < -0.39 is 0 Å². The Morgan fingerprint density at radius 3 is 2.88 bits per heavy atom. The van der Waals surface area contributed by atoms with Crippen LogP contribution in [0.4, 0.5) is 11.4 Å². The maximum Gasteiger partial charge on any atom is 0.275 e. The van der Waals surface area contributed by atoms with Gasteiger partial charge in [-0.25, -0.2) is 0 Å². The van der Waals surface area contributed by atoms with Gasteiger partial charge in [0.05, 0.1) is 23.1 Å². The number of nitrogen functional groups attached to an aromatic ring is 1. The van der Waals surface area contributed by atoms with Gasteiger partial charge >= 0.3 is 0 Å². The van der Waals surface area contributed by atoms with E-state index in [4.69, 9.17) is 22.0 Å². The smallest absolute Gasteiger partial charge is 0.275 e. The van der Waals surface area contributed by atoms with Gasteiger partial charge in [-0.2, -0.15) is 4.37 Å². The van der Waals surface area contributed by atoms with Gasteiger partial charge < -0.3 is 15.5 Å². The van der Waals surface area contributed by atoms with Crippen molar-refractivity contribution in [3.05, 3.63) is 64.6 Å². The van der Waals surface area contributed by atoms with Gasteiger partial charge in [-0.1, -0.05) is 5.92 Å². The summed E-state index contributed by atoms with van der Waals surface area (Å²) in [6, 6.07) is 8.15. The lowest BCUT2D eigenvalue weighted by molar-refractivity contribution is 0.102. The van der Waals surface area contributed by atoms with Crippen molar-refractivity contribution in [3.8, 4) is 12.3 Å². The number of rotatable bonds is 4. The average molecular weight is 336 g/mol. The number of carbonyl (C=O) groups is 1. The number of aromatic nitrogens is 1. The van der Waals surface area contributed by atoms with Crippen LogP contribution >= 0.6 is 11.5 Å². The fraction of sp³-hybridized carbons (Fsp3) is 0. The summed E-state index contributed by atoms with van der Waals surface area (Å²) >= 11 is 1.09. The second-order valence-electron chi connectivity index (χ2n) is 4.86. The Labute approximate surface area is 142 Å². The Bertz CT molecular complexity index is 951. The number of carbonyl (C=O) groups excluding carboxylic acids is 1. The molecule has 7 heteroatoms. The Morgan fingerprint density at radius 1 is 1.38 bits per heavy atom. The Balaban J connectivity index is 1.85. The summed E-state index contributed by atoms with van der Waals surface area (Å²) in [7, 11) is 0. The number of anilines is 2. The fourth-order valence-electron chi connectivity index (χ4n) is 2.06. The molecule has 0 saturated heterocycles. The number of furan rings is 1. The number of amides is 1. The SMILES string of the molecule is C#Cc1cc(C(=O)Nc2ccc(N)c(C(=N)c3ccoc3)c2)ns1. The van der Waals surface area contributed by atoms with Crippen molar-refractivity contribution < 1.29 is 9.21 Å². The van der Waals surface area contributed by atoms with Crippen molar-refractivity contribution in [2.75, 3.05) is 11.1 Å². The molecule has 0 spiro atoms. The van der Waals surface area contributed by atoms with Crippen molar-refractivity contribution in [1.82, 2.24) is 4.37 Å². The van der Waals surface area contributed by atoms with Crippen LogP contribution < -0.4 is 11.1 Å². The van der Waals surface area contributed by atoms with Crippen LogP contribution in [-0.2, 0) is 0 Å². The van der Waals surface area contributed by atoms with E-state index in [0.717, 1.165) is 11.5 Å². The van der Waals surface area contributed by atoms with E-state index in [-0.39, 0.29) is 17.3 Å². The van der Waals surface area contributed by atoms with Crippen LogP contribution in [0.15, 0.2) is 47.3 Å². The molecule has 0 radical (unpaired) electrons. The lowest BCUT2D eigenvalue weighted by Gasteiger charge is -2.09. The van der Waals surface area contributed by atoms with Gasteiger partial charge in [0, 0.05) is 22.5 Å².